The number of carbonyl (C=O) groups excluding carboxylic acids is 4. The van der Waals surface area contributed by atoms with Crippen molar-refractivity contribution in [3.63, 3.8) is 0 Å². The van der Waals surface area contributed by atoms with Gasteiger partial charge < -0.3 is 30.7 Å². The van der Waals surface area contributed by atoms with Crippen molar-refractivity contribution in [3.8, 4) is 0 Å². The quantitative estimate of drug-likeness (QED) is 0.355. The van der Waals surface area contributed by atoms with E-state index in [9.17, 15) is 19.2 Å². The number of ketones is 2. The van der Waals surface area contributed by atoms with Gasteiger partial charge in [0.2, 0.25) is 0 Å². The van der Waals surface area contributed by atoms with Crippen molar-refractivity contribution < 1.29 is 28.7 Å². The minimum absolute atomic E-state index is 0.0601. The highest BCUT2D eigenvalue weighted by Gasteiger charge is 2.36. The molecule has 0 radical (unpaired) electrons. The van der Waals surface area contributed by atoms with E-state index in [0.29, 0.717) is 49.6 Å². The van der Waals surface area contributed by atoms with Crippen LogP contribution in [0.15, 0.2) is 0 Å². The summed E-state index contributed by atoms with van der Waals surface area (Å²) in [7, 11) is 0. The van der Waals surface area contributed by atoms with E-state index in [0.717, 1.165) is 129 Å². The van der Waals surface area contributed by atoms with Gasteiger partial charge in [-0.2, -0.15) is 0 Å². The zero-order chi connectivity index (χ0) is 32.5. The van der Waals surface area contributed by atoms with Crippen LogP contribution in [-0.2, 0) is 19.1 Å². The second-order valence-corrected chi connectivity index (χ2v) is 15.1. The Labute approximate surface area is 276 Å². The molecule has 0 bridgehead atoms. The summed E-state index contributed by atoms with van der Waals surface area (Å²) in [6.07, 6.45) is 15.0. The van der Waals surface area contributed by atoms with Gasteiger partial charge in [-0.3, -0.25) is 9.59 Å². The zero-order valence-corrected chi connectivity index (χ0v) is 28.1. The fourth-order valence-corrected chi connectivity index (χ4v) is 8.83. The van der Waals surface area contributed by atoms with E-state index < -0.39 is 0 Å². The van der Waals surface area contributed by atoms with Gasteiger partial charge in [0.05, 0.1) is 0 Å². The minimum atomic E-state index is -0.256. The van der Waals surface area contributed by atoms with Crippen LogP contribution in [0.1, 0.15) is 116 Å². The van der Waals surface area contributed by atoms with Gasteiger partial charge in [0.15, 0.2) is 0 Å². The average Bonchev–Trinajstić information content (AvgIpc) is 3.09. The molecule has 2 amide bonds. The van der Waals surface area contributed by atoms with Gasteiger partial charge >= 0.3 is 12.2 Å². The number of amides is 2. The predicted molar refractivity (Wildman–Crippen MR) is 176 cm³/mol. The van der Waals surface area contributed by atoms with Crippen LogP contribution in [0.2, 0.25) is 0 Å². The normalized spacial score (nSPS) is 32.2. The maximum absolute atomic E-state index is 13.1. The maximum atomic E-state index is 13.1. The molecule has 2 aliphatic heterocycles. The number of carbonyl (C=O) groups is 4. The Morgan fingerprint density at radius 2 is 0.761 bits per heavy atom. The number of nitrogens with zero attached hydrogens (tertiary/aromatic N) is 2. The SMILES string of the molecule is NCC1CCC(C(=O)C2CCN(C(=O)OC3CCCC(OC(=O)N4CCC(C(=O)C5CCC(CN)CC5)CC4)CCC3)CC2)CC1. The molecule has 10 heteroatoms. The van der Waals surface area contributed by atoms with Gasteiger partial charge in [0.1, 0.15) is 23.8 Å². The van der Waals surface area contributed by atoms with Crippen molar-refractivity contribution in [2.24, 2.45) is 47.0 Å². The molecule has 3 aliphatic carbocycles. The summed E-state index contributed by atoms with van der Waals surface area (Å²) in [5.41, 5.74) is 11.6. The number of hydrogen-bond acceptors (Lipinski definition) is 8. The first kappa shape index (κ1) is 35.1. The highest BCUT2D eigenvalue weighted by atomic mass is 16.6. The van der Waals surface area contributed by atoms with E-state index in [1.54, 1.807) is 9.80 Å². The van der Waals surface area contributed by atoms with Crippen LogP contribution in [0.4, 0.5) is 9.59 Å². The Kier molecular flexibility index (Phi) is 13.2. The van der Waals surface area contributed by atoms with Gasteiger partial charge in [-0.1, -0.05) is 0 Å². The van der Waals surface area contributed by atoms with Crippen molar-refractivity contribution in [1.29, 1.82) is 0 Å². The Hall–Kier alpha value is -2.20. The van der Waals surface area contributed by atoms with E-state index in [1.165, 1.54) is 0 Å². The summed E-state index contributed by atoms with van der Waals surface area (Å²) in [6.45, 7) is 3.77. The molecule has 2 heterocycles. The standard InChI is InChI=1S/C36H60N4O6/c37-23-25-7-11-27(12-8-25)33(41)29-15-19-39(20-16-29)35(43)45-31-3-1-4-32(6-2-5-31)46-36(44)40-21-17-30(18-22-40)34(42)28-13-9-26(24-38)10-14-28/h25-32H,1-24,37-38H2. The number of hydrogen-bond donors (Lipinski definition) is 2. The summed E-state index contributed by atoms with van der Waals surface area (Å²) in [5, 5.41) is 0. The highest BCUT2D eigenvalue weighted by molar-refractivity contribution is 5.84. The van der Waals surface area contributed by atoms with Crippen LogP contribution in [0, 0.1) is 35.5 Å². The summed E-state index contributed by atoms with van der Waals surface area (Å²) in [4.78, 5) is 55.7. The Morgan fingerprint density at radius 1 is 0.457 bits per heavy atom. The first-order valence-electron chi connectivity index (χ1n) is 18.7. The number of ether oxygens (including phenoxy) is 2. The fraction of sp³-hybridized carbons (Fsp3) is 0.889. The van der Waals surface area contributed by atoms with Gasteiger partial charge in [-0.05, 0) is 141 Å². The molecule has 260 valence electrons. The van der Waals surface area contributed by atoms with E-state index in [4.69, 9.17) is 20.9 Å². The van der Waals surface area contributed by atoms with Gasteiger partial charge in [0.25, 0.3) is 0 Å². The molecule has 0 atom stereocenters. The molecule has 5 aliphatic rings. The summed E-state index contributed by atoms with van der Waals surface area (Å²) < 4.78 is 11.9. The third kappa shape index (κ3) is 9.45. The smallest absolute Gasteiger partial charge is 0.410 e. The summed E-state index contributed by atoms with van der Waals surface area (Å²) >= 11 is 0. The second kappa shape index (κ2) is 17.3. The van der Waals surface area contributed by atoms with Gasteiger partial charge in [-0.25, -0.2) is 9.59 Å². The molecule has 5 fully saturated rings. The largest absolute Gasteiger partial charge is 0.446 e. The van der Waals surface area contributed by atoms with E-state index in [1.807, 2.05) is 0 Å². The van der Waals surface area contributed by atoms with Crippen LogP contribution < -0.4 is 11.5 Å². The molecule has 46 heavy (non-hydrogen) atoms. The first-order chi connectivity index (χ1) is 22.3. The third-order valence-corrected chi connectivity index (χ3v) is 12.1. The van der Waals surface area contributed by atoms with Crippen molar-refractivity contribution in [2.45, 2.75) is 128 Å². The number of nitrogens with two attached hydrogens (primary N) is 2. The molecule has 0 unspecified atom stereocenters. The van der Waals surface area contributed by atoms with Crippen molar-refractivity contribution in [3.05, 3.63) is 0 Å². The molecule has 3 saturated carbocycles. The monoisotopic (exact) mass is 644 g/mol. The molecule has 0 aromatic carbocycles. The zero-order valence-electron chi connectivity index (χ0n) is 28.1. The summed E-state index contributed by atoms with van der Waals surface area (Å²) in [6, 6.07) is 0. The van der Waals surface area contributed by atoms with Crippen molar-refractivity contribution in [2.75, 3.05) is 39.3 Å². The van der Waals surface area contributed by atoms with E-state index in [-0.39, 0.29) is 48.1 Å². The van der Waals surface area contributed by atoms with Crippen LogP contribution in [0.3, 0.4) is 0 Å². The van der Waals surface area contributed by atoms with Crippen molar-refractivity contribution >= 4 is 23.8 Å². The summed E-state index contributed by atoms with van der Waals surface area (Å²) in [5.74, 6) is 2.39. The number of Topliss-reactive ketones (excluding diaryl/α,β-unsaturated/α-hetero) is 2. The first-order valence-corrected chi connectivity index (χ1v) is 18.7. The lowest BCUT2D eigenvalue weighted by Gasteiger charge is -2.35. The lowest BCUT2D eigenvalue weighted by atomic mass is 9.75. The Morgan fingerprint density at radius 3 is 1.07 bits per heavy atom. The molecular formula is C36H60N4O6. The minimum Gasteiger partial charge on any atom is -0.446 e. The third-order valence-electron chi connectivity index (χ3n) is 12.1. The lowest BCUT2D eigenvalue weighted by Crippen LogP contribution is -2.43. The predicted octanol–water partition coefficient (Wildman–Crippen LogP) is 5.44. The maximum Gasteiger partial charge on any atom is 0.410 e. The van der Waals surface area contributed by atoms with E-state index in [2.05, 4.69) is 0 Å². The second-order valence-electron chi connectivity index (χ2n) is 15.1. The van der Waals surface area contributed by atoms with Gasteiger partial charge in [0, 0.05) is 49.9 Å². The topological polar surface area (TPSA) is 145 Å². The van der Waals surface area contributed by atoms with Crippen LogP contribution >= 0.6 is 0 Å². The van der Waals surface area contributed by atoms with Crippen LogP contribution in [-0.4, -0.2) is 85.0 Å². The average molecular weight is 645 g/mol. The molecule has 10 nitrogen and oxygen atoms in total. The number of rotatable bonds is 8. The number of piperidine rings is 2. The van der Waals surface area contributed by atoms with Crippen LogP contribution in [0.5, 0.6) is 0 Å². The molecular weight excluding hydrogens is 584 g/mol. The number of likely N-dealkylation sites (tertiary alicyclic amines) is 2. The molecule has 2 saturated heterocycles. The van der Waals surface area contributed by atoms with Crippen LogP contribution in [0.25, 0.3) is 0 Å². The fourth-order valence-electron chi connectivity index (χ4n) is 8.83. The van der Waals surface area contributed by atoms with E-state index >= 15 is 0 Å². The lowest BCUT2D eigenvalue weighted by molar-refractivity contribution is -0.130. The van der Waals surface area contributed by atoms with Crippen molar-refractivity contribution in [1.82, 2.24) is 9.80 Å². The molecule has 0 aromatic heterocycles. The van der Waals surface area contributed by atoms with Gasteiger partial charge in [-0.15, -0.1) is 0 Å². The Balaban J connectivity index is 0.954. The molecule has 4 N–H and O–H groups in total. The molecule has 0 spiro atoms. The molecule has 0 aromatic rings. The highest BCUT2D eigenvalue weighted by Crippen LogP contribution is 2.35. The Bertz CT molecular complexity index is 920. The molecule has 5 rings (SSSR count).